The predicted molar refractivity (Wildman–Crippen MR) is 182 cm³/mol. The molecule has 242 valence electrons. The molecule has 0 bridgehead atoms. The van der Waals surface area contributed by atoms with Crippen LogP contribution in [0.4, 0.5) is 21.5 Å². The van der Waals surface area contributed by atoms with Crippen LogP contribution in [0.5, 0.6) is 0 Å². The lowest BCUT2D eigenvalue weighted by atomic mass is 9.98. The van der Waals surface area contributed by atoms with Crippen LogP contribution in [-0.4, -0.2) is 84.8 Å². The number of fused-ring (bicyclic) bond motifs is 1. The Hall–Kier alpha value is -4.54. The number of carbonyl (C=O) groups excluding carboxylic acids is 3. The van der Waals surface area contributed by atoms with Crippen LogP contribution >= 0.6 is 0 Å². The van der Waals surface area contributed by atoms with Gasteiger partial charge in [-0.1, -0.05) is 18.2 Å². The summed E-state index contributed by atoms with van der Waals surface area (Å²) >= 11 is 0. The molecule has 0 atom stereocenters. The summed E-state index contributed by atoms with van der Waals surface area (Å²) in [4.78, 5) is 46.8. The van der Waals surface area contributed by atoms with Crippen LogP contribution in [0.3, 0.4) is 0 Å². The Kier molecular flexibility index (Phi) is 9.60. The molecule has 1 saturated heterocycles. The number of nitrogens with one attached hydrogen (secondary N) is 2. The second kappa shape index (κ2) is 13.4. The van der Waals surface area contributed by atoms with E-state index in [1.165, 1.54) is 12.1 Å². The first-order valence-electron chi connectivity index (χ1n) is 15.6. The lowest BCUT2D eigenvalue weighted by Gasteiger charge is -2.35. The summed E-state index contributed by atoms with van der Waals surface area (Å²) < 4.78 is 14.1. The smallest absolute Gasteiger partial charge is 0.258 e. The summed E-state index contributed by atoms with van der Waals surface area (Å²) in [5.74, 6) is -0.802. The second-order valence-corrected chi connectivity index (χ2v) is 13.1. The number of hydrogen-bond acceptors (Lipinski definition) is 6. The van der Waals surface area contributed by atoms with Crippen LogP contribution in [0.2, 0.25) is 0 Å². The van der Waals surface area contributed by atoms with Crippen molar-refractivity contribution in [1.29, 1.82) is 0 Å². The monoisotopic (exact) mass is 626 g/mol. The zero-order valence-corrected chi connectivity index (χ0v) is 27.5. The first-order chi connectivity index (χ1) is 21.8. The van der Waals surface area contributed by atoms with Crippen molar-refractivity contribution in [2.24, 2.45) is 0 Å². The number of anilines is 3. The summed E-state index contributed by atoms with van der Waals surface area (Å²) in [5.41, 5.74) is 4.64. The number of piperazine rings is 1. The number of amides is 3. The van der Waals surface area contributed by atoms with Gasteiger partial charge in [0.1, 0.15) is 5.82 Å². The first-order valence-corrected chi connectivity index (χ1v) is 15.6. The molecule has 0 aromatic heterocycles. The van der Waals surface area contributed by atoms with Crippen LogP contribution in [0.25, 0.3) is 11.3 Å². The fourth-order valence-corrected chi connectivity index (χ4v) is 5.86. The lowest BCUT2D eigenvalue weighted by molar-refractivity contribution is -0.134. The number of benzene rings is 3. The average molecular weight is 627 g/mol. The Morgan fingerprint density at radius 2 is 1.67 bits per heavy atom. The molecule has 0 spiro atoms. The second-order valence-electron chi connectivity index (χ2n) is 13.1. The molecule has 3 aromatic rings. The molecule has 5 rings (SSSR count). The summed E-state index contributed by atoms with van der Waals surface area (Å²) in [6.45, 7) is 11.9. The van der Waals surface area contributed by atoms with E-state index in [0.29, 0.717) is 41.3 Å². The van der Waals surface area contributed by atoms with Gasteiger partial charge in [-0.05, 0) is 87.5 Å². The molecule has 3 aromatic carbocycles. The van der Waals surface area contributed by atoms with Crippen molar-refractivity contribution in [1.82, 2.24) is 14.7 Å². The van der Waals surface area contributed by atoms with Crippen molar-refractivity contribution in [2.75, 3.05) is 62.4 Å². The third-order valence-corrected chi connectivity index (χ3v) is 8.58. The maximum atomic E-state index is 14.1. The van der Waals surface area contributed by atoms with Crippen molar-refractivity contribution in [3.63, 3.8) is 0 Å². The predicted octanol–water partition coefficient (Wildman–Crippen LogP) is 5.12. The number of carbonyl (C=O) groups is 3. The largest absolute Gasteiger partial charge is 0.354 e. The quantitative estimate of drug-likeness (QED) is 0.338. The minimum Gasteiger partial charge on any atom is -0.354 e. The van der Waals surface area contributed by atoms with Gasteiger partial charge in [0.15, 0.2) is 0 Å². The van der Waals surface area contributed by atoms with Gasteiger partial charge < -0.3 is 25.3 Å². The Morgan fingerprint density at radius 3 is 2.33 bits per heavy atom. The molecule has 1 fully saturated rings. The van der Waals surface area contributed by atoms with Gasteiger partial charge in [-0.3, -0.25) is 19.3 Å². The Balaban J connectivity index is 1.45. The zero-order chi connectivity index (χ0) is 33.2. The van der Waals surface area contributed by atoms with E-state index in [1.54, 1.807) is 29.8 Å². The maximum Gasteiger partial charge on any atom is 0.258 e. The van der Waals surface area contributed by atoms with Gasteiger partial charge in [0.25, 0.3) is 5.91 Å². The molecule has 0 aliphatic carbocycles. The van der Waals surface area contributed by atoms with Gasteiger partial charge in [-0.15, -0.1) is 0 Å². The number of halogens is 1. The molecule has 2 aliphatic heterocycles. The van der Waals surface area contributed by atoms with Crippen molar-refractivity contribution >= 4 is 46.1 Å². The van der Waals surface area contributed by atoms with Gasteiger partial charge >= 0.3 is 0 Å². The van der Waals surface area contributed by atoms with E-state index in [1.807, 2.05) is 69.3 Å². The molecule has 0 saturated carbocycles. The lowest BCUT2D eigenvalue weighted by Crippen LogP contribution is -2.48. The summed E-state index contributed by atoms with van der Waals surface area (Å²) in [5, 5.41) is 6.25. The summed E-state index contributed by atoms with van der Waals surface area (Å²) in [6, 6.07) is 19.5. The minimum atomic E-state index is -0.440. The van der Waals surface area contributed by atoms with E-state index < -0.39 is 5.82 Å². The Bertz CT molecular complexity index is 1650. The minimum absolute atomic E-state index is 0.0196. The first kappa shape index (κ1) is 32.8. The van der Waals surface area contributed by atoms with E-state index in [4.69, 9.17) is 0 Å². The number of nitrogens with zero attached hydrogens (tertiary/aromatic N) is 4. The number of hydrogen-bond donors (Lipinski definition) is 2. The highest BCUT2D eigenvalue weighted by molar-refractivity contribution is 6.37. The van der Waals surface area contributed by atoms with Gasteiger partial charge in [0.2, 0.25) is 11.8 Å². The van der Waals surface area contributed by atoms with Gasteiger partial charge in [-0.25, -0.2) is 4.39 Å². The molecule has 2 heterocycles. The fraction of sp³-hybridized carbons (Fsp3) is 0.361. The summed E-state index contributed by atoms with van der Waals surface area (Å²) in [7, 11) is 3.87. The Morgan fingerprint density at radius 1 is 0.978 bits per heavy atom. The molecule has 3 amide bonds. The molecule has 46 heavy (non-hydrogen) atoms. The maximum absolute atomic E-state index is 14.1. The third kappa shape index (κ3) is 7.46. The zero-order valence-electron chi connectivity index (χ0n) is 27.5. The molecule has 9 nitrogen and oxygen atoms in total. The number of likely N-dealkylation sites (N-methyl/N-ethyl adjacent to an activating group) is 2. The van der Waals surface area contributed by atoms with Crippen LogP contribution in [0, 0.1) is 5.82 Å². The van der Waals surface area contributed by atoms with Crippen LogP contribution < -0.4 is 15.5 Å². The fourth-order valence-electron chi connectivity index (χ4n) is 5.86. The van der Waals surface area contributed by atoms with Gasteiger partial charge in [0, 0.05) is 69.2 Å². The van der Waals surface area contributed by atoms with Gasteiger partial charge in [-0.2, -0.15) is 0 Å². The molecule has 2 aliphatic rings. The summed E-state index contributed by atoms with van der Waals surface area (Å²) in [6.07, 6.45) is 0. The molecular weight excluding hydrogens is 583 g/mol. The highest BCUT2D eigenvalue weighted by atomic mass is 19.1. The van der Waals surface area contributed by atoms with Crippen LogP contribution in [0.1, 0.15) is 44.4 Å². The van der Waals surface area contributed by atoms with Crippen molar-refractivity contribution in [3.8, 4) is 0 Å². The molecule has 10 heteroatoms. The standard InChI is InChI=1S/C36H43FN6O3/c1-24(44)43(36(2,3)4)22-25-8-7-9-26(20-25)34(33-30-15-10-27(37)21-31(30)39-35(33)46)38-28-11-13-29(14-12-28)41(6)32(45)23-42-18-16-40(5)17-19-42/h7-15,20-21,38H,16-19,22-23H2,1-6H3,(H,39,46)/b34-33-. The van der Waals surface area contributed by atoms with E-state index in [-0.39, 0.29) is 23.3 Å². The third-order valence-electron chi connectivity index (χ3n) is 8.58. The highest BCUT2D eigenvalue weighted by Gasteiger charge is 2.30. The van der Waals surface area contributed by atoms with Gasteiger partial charge in [0.05, 0.1) is 23.5 Å². The molecule has 0 unspecified atom stereocenters. The highest BCUT2D eigenvalue weighted by Crippen LogP contribution is 2.38. The van der Waals surface area contributed by atoms with E-state index in [9.17, 15) is 18.8 Å². The molecule has 0 radical (unpaired) electrons. The van der Waals surface area contributed by atoms with E-state index >= 15 is 0 Å². The molecule has 2 N–H and O–H groups in total. The van der Waals surface area contributed by atoms with E-state index in [2.05, 4.69) is 27.5 Å². The average Bonchev–Trinajstić information content (AvgIpc) is 3.33. The topological polar surface area (TPSA) is 88.2 Å². The van der Waals surface area contributed by atoms with Crippen molar-refractivity contribution in [3.05, 3.63) is 89.2 Å². The number of rotatable bonds is 8. The van der Waals surface area contributed by atoms with E-state index in [0.717, 1.165) is 43.0 Å². The van der Waals surface area contributed by atoms with Crippen LogP contribution in [0.15, 0.2) is 66.7 Å². The molecular formula is C36H43FN6O3. The van der Waals surface area contributed by atoms with Crippen molar-refractivity contribution < 1.29 is 18.8 Å². The van der Waals surface area contributed by atoms with Crippen molar-refractivity contribution in [2.45, 2.75) is 39.8 Å². The van der Waals surface area contributed by atoms with Crippen LogP contribution in [-0.2, 0) is 20.9 Å². The normalized spacial score (nSPS) is 16.5. The SMILES string of the molecule is CC(=O)N(Cc1cccc(/C(Nc2ccc(N(C)C(=O)CN3CCN(C)CC3)cc2)=C2/C(=O)Nc3cc(F)ccc32)c1)C(C)(C)C. The Labute approximate surface area is 270 Å².